The monoisotopic (exact) mass is 929 g/mol. The molecule has 68 heavy (non-hydrogen) atoms. The van der Waals surface area contributed by atoms with E-state index in [0.29, 0.717) is 118 Å². The van der Waals surface area contributed by atoms with Crippen LogP contribution in [-0.2, 0) is 19.2 Å². The second kappa shape index (κ2) is 19.8. The van der Waals surface area contributed by atoms with Crippen LogP contribution < -0.4 is 35.4 Å². The van der Waals surface area contributed by atoms with E-state index in [2.05, 4.69) is 42.2 Å². The number of benzene rings is 2. The second-order valence-corrected chi connectivity index (χ2v) is 18.5. The van der Waals surface area contributed by atoms with E-state index >= 15 is 0 Å². The van der Waals surface area contributed by atoms with Crippen molar-refractivity contribution in [2.45, 2.75) is 82.3 Å². The number of imide groups is 2. The number of piperazine rings is 1. The third-order valence-corrected chi connectivity index (χ3v) is 14.4. The summed E-state index contributed by atoms with van der Waals surface area (Å²) in [6.45, 7) is 8.58. The number of carbonyl (C=O) groups excluding carboxylic acids is 7. The van der Waals surface area contributed by atoms with Crippen molar-refractivity contribution in [1.29, 1.82) is 0 Å². The number of hydrogen-bond donors (Lipinski definition) is 3. The molecule has 1 aliphatic carbocycles. The predicted octanol–water partition coefficient (Wildman–Crippen LogP) is 3.48. The van der Waals surface area contributed by atoms with Crippen molar-refractivity contribution < 1.29 is 38.3 Å². The summed E-state index contributed by atoms with van der Waals surface area (Å²) >= 11 is 0. The third kappa shape index (κ3) is 9.22. The number of likely N-dealkylation sites (tertiary alicyclic amines) is 1. The normalized spacial score (nSPS) is 21.7. The van der Waals surface area contributed by atoms with Crippen molar-refractivity contribution in [3.63, 3.8) is 0 Å². The van der Waals surface area contributed by atoms with Gasteiger partial charge in [0, 0.05) is 89.9 Å². The summed E-state index contributed by atoms with van der Waals surface area (Å²) in [4.78, 5) is 112. The molecule has 6 aliphatic rings. The van der Waals surface area contributed by atoms with E-state index in [9.17, 15) is 33.6 Å². The van der Waals surface area contributed by atoms with Crippen LogP contribution in [0.15, 0.2) is 55.3 Å². The average Bonchev–Trinajstić information content (AvgIpc) is 3.96. The van der Waals surface area contributed by atoms with Gasteiger partial charge in [-0.1, -0.05) is 25.0 Å². The van der Waals surface area contributed by atoms with E-state index in [4.69, 9.17) is 9.72 Å². The fourth-order valence-electron chi connectivity index (χ4n) is 10.6. The molecule has 358 valence electrons. The van der Waals surface area contributed by atoms with Crippen LogP contribution in [0.3, 0.4) is 0 Å². The van der Waals surface area contributed by atoms with Gasteiger partial charge in [-0.3, -0.25) is 48.7 Å². The van der Waals surface area contributed by atoms with Crippen LogP contribution >= 0.6 is 0 Å². The number of aromatic nitrogens is 2. The number of allylic oxidation sites excluding steroid dienone is 1. The standard InChI is InChI=1S/C49H59N11O8/c1-4-8-31-29-59(33-9-5-6-10-33)43-38(55(2)46(31)65)28-50-49(54-43)52-35-14-13-30(27-39(35)68-3)44(63)51-32-17-21-58(22-18-32)41(62)19-20-56-23-25-57(26-24-56)36-12-7-11-34-42(36)48(67)60(47(34)66)37-15-16-40(61)53-45(37)64/h4,7,11-14,27-28,31-33,37H,1,5-6,8-10,15-26,29H2,2-3H3,(H,51,63)(H,50,52,54)(H,53,61,64)/t31-,37?/m0/s1. The topological polar surface area (TPSA) is 210 Å². The first-order chi connectivity index (χ1) is 32.9. The Morgan fingerprint density at radius 1 is 0.926 bits per heavy atom. The smallest absolute Gasteiger partial charge is 0.264 e. The Kier molecular flexibility index (Phi) is 13.4. The molecule has 19 nitrogen and oxygen atoms in total. The zero-order chi connectivity index (χ0) is 47.6. The van der Waals surface area contributed by atoms with Crippen LogP contribution in [0.5, 0.6) is 5.75 Å². The molecule has 6 heterocycles. The van der Waals surface area contributed by atoms with Crippen molar-refractivity contribution >= 4 is 70.2 Å². The molecule has 19 heteroatoms. The number of fused-ring (bicyclic) bond motifs is 2. The molecule has 1 aromatic heterocycles. The van der Waals surface area contributed by atoms with Crippen LogP contribution in [0.2, 0.25) is 0 Å². The van der Waals surface area contributed by atoms with E-state index in [1.165, 1.54) is 0 Å². The van der Waals surface area contributed by atoms with Crippen LogP contribution in [-0.4, -0.2) is 151 Å². The van der Waals surface area contributed by atoms with Crippen LogP contribution in [0, 0.1) is 5.92 Å². The minimum atomic E-state index is -1.03. The number of carbonyl (C=O) groups is 7. The molecule has 0 bridgehead atoms. The molecule has 5 aliphatic heterocycles. The molecule has 4 fully saturated rings. The largest absolute Gasteiger partial charge is 0.495 e. The molecule has 0 spiro atoms. The number of piperidine rings is 2. The number of hydrogen-bond acceptors (Lipinski definition) is 14. The Labute approximate surface area is 395 Å². The van der Waals surface area contributed by atoms with Crippen molar-refractivity contribution in [1.82, 2.24) is 35.3 Å². The van der Waals surface area contributed by atoms with Crippen molar-refractivity contribution in [2.24, 2.45) is 5.92 Å². The molecule has 2 aromatic carbocycles. The Balaban J connectivity index is 0.745. The fraction of sp³-hybridized carbons (Fsp3) is 0.490. The van der Waals surface area contributed by atoms with E-state index in [1.54, 1.807) is 61.7 Å². The highest BCUT2D eigenvalue weighted by atomic mass is 16.5. The lowest BCUT2D eigenvalue weighted by atomic mass is 10.0. The van der Waals surface area contributed by atoms with Gasteiger partial charge in [0.1, 0.15) is 17.5 Å². The number of methoxy groups -OCH3 is 1. The third-order valence-electron chi connectivity index (χ3n) is 14.4. The van der Waals surface area contributed by atoms with Gasteiger partial charge in [-0.15, -0.1) is 6.58 Å². The molecular weight excluding hydrogens is 871 g/mol. The summed E-state index contributed by atoms with van der Waals surface area (Å²) in [5, 5.41) is 8.67. The molecule has 1 unspecified atom stereocenters. The molecule has 2 atom stereocenters. The number of amides is 7. The Morgan fingerprint density at radius 2 is 1.69 bits per heavy atom. The highest BCUT2D eigenvalue weighted by molar-refractivity contribution is 6.25. The quantitative estimate of drug-likeness (QED) is 0.166. The maximum absolute atomic E-state index is 13.6. The minimum absolute atomic E-state index is 0.0188. The first-order valence-electron chi connectivity index (χ1n) is 23.8. The van der Waals surface area contributed by atoms with Crippen molar-refractivity contribution in [2.75, 3.05) is 86.5 Å². The molecular formula is C49H59N11O8. The van der Waals surface area contributed by atoms with Crippen LogP contribution in [0.4, 0.5) is 28.8 Å². The maximum Gasteiger partial charge on any atom is 0.264 e. The maximum atomic E-state index is 13.6. The first-order valence-corrected chi connectivity index (χ1v) is 23.8. The average molecular weight is 930 g/mol. The molecule has 9 rings (SSSR count). The van der Waals surface area contributed by atoms with E-state index in [0.717, 1.165) is 30.6 Å². The number of rotatable bonds is 13. The lowest BCUT2D eigenvalue weighted by Gasteiger charge is -2.37. The van der Waals surface area contributed by atoms with Crippen molar-refractivity contribution in [3.8, 4) is 5.75 Å². The zero-order valence-electron chi connectivity index (χ0n) is 38.7. The van der Waals surface area contributed by atoms with Gasteiger partial charge in [-0.05, 0) is 68.9 Å². The van der Waals surface area contributed by atoms with Gasteiger partial charge in [0.2, 0.25) is 29.6 Å². The summed E-state index contributed by atoms with van der Waals surface area (Å²) in [5.74, 6) is -1.00. The Hall–Kier alpha value is -6.89. The Morgan fingerprint density at radius 3 is 2.41 bits per heavy atom. The van der Waals surface area contributed by atoms with Crippen LogP contribution in [0.25, 0.3) is 0 Å². The van der Waals surface area contributed by atoms with Gasteiger partial charge in [-0.25, -0.2) is 4.98 Å². The molecule has 1 saturated carbocycles. The van der Waals surface area contributed by atoms with Gasteiger partial charge < -0.3 is 35.0 Å². The number of ether oxygens (including phenoxy) is 1. The van der Waals surface area contributed by atoms with Gasteiger partial charge in [0.05, 0.1) is 41.7 Å². The minimum Gasteiger partial charge on any atom is -0.495 e. The van der Waals surface area contributed by atoms with Gasteiger partial charge in [0.15, 0.2) is 5.82 Å². The van der Waals surface area contributed by atoms with Gasteiger partial charge >= 0.3 is 0 Å². The van der Waals surface area contributed by atoms with Crippen LogP contribution in [0.1, 0.15) is 95.3 Å². The lowest BCUT2D eigenvalue weighted by Crippen LogP contribution is -2.54. The van der Waals surface area contributed by atoms with E-state index < -0.39 is 29.7 Å². The molecule has 7 amide bonds. The lowest BCUT2D eigenvalue weighted by molar-refractivity contribution is -0.136. The second-order valence-electron chi connectivity index (χ2n) is 18.5. The number of nitrogens with zero attached hydrogens (tertiary/aromatic N) is 8. The first kappa shape index (κ1) is 46.2. The van der Waals surface area contributed by atoms with Gasteiger partial charge in [0.25, 0.3) is 17.7 Å². The highest BCUT2D eigenvalue weighted by Crippen LogP contribution is 2.39. The fourth-order valence-corrected chi connectivity index (χ4v) is 10.6. The van der Waals surface area contributed by atoms with Crippen molar-refractivity contribution in [3.05, 3.63) is 71.9 Å². The predicted molar refractivity (Wildman–Crippen MR) is 253 cm³/mol. The van der Waals surface area contributed by atoms with E-state index in [-0.39, 0.29) is 59.7 Å². The summed E-state index contributed by atoms with van der Waals surface area (Å²) in [6, 6.07) is 9.48. The summed E-state index contributed by atoms with van der Waals surface area (Å²) in [5.41, 5.74) is 2.85. The summed E-state index contributed by atoms with van der Waals surface area (Å²) in [6.07, 6.45) is 10.2. The number of nitrogens with one attached hydrogen (secondary N) is 3. The molecule has 0 radical (unpaired) electrons. The summed E-state index contributed by atoms with van der Waals surface area (Å²) in [7, 11) is 3.31. The highest BCUT2D eigenvalue weighted by Gasteiger charge is 2.46. The van der Waals surface area contributed by atoms with Gasteiger partial charge in [-0.2, -0.15) is 4.98 Å². The molecule has 3 aromatic rings. The van der Waals surface area contributed by atoms with E-state index in [1.807, 2.05) is 11.0 Å². The number of anilines is 5. The molecule has 3 saturated heterocycles. The Bertz CT molecular complexity index is 2510. The molecule has 3 N–H and O–H groups in total. The SMILES string of the molecule is C=CC[C@H]1CN(C2CCCC2)c2nc(Nc3ccc(C(=O)NC4CCN(C(=O)CCN5CCN(c6cccc7c6C(=O)N(C6CCC(=O)NC6=O)C7=O)CC5)CC4)cc3OC)ncc2N(C)C1=O. The summed E-state index contributed by atoms with van der Waals surface area (Å²) < 4.78 is 5.72. The zero-order valence-corrected chi connectivity index (χ0v) is 38.7.